The van der Waals surface area contributed by atoms with E-state index in [0.717, 1.165) is 11.6 Å². The fourth-order valence-electron chi connectivity index (χ4n) is 1.67. The van der Waals surface area contributed by atoms with E-state index in [2.05, 4.69) is 14.9 Å². The van der Waals surface area contributed by atoms with E-state index in [4.69, 9.17) is 11.5 Å². The van der Waals surface area contributed by atoms with Crippen molar-refractivity contribution in [3.05, 3.63) is 6.07 Å². The van der Waals surface area contributed by atoms with Crippen LogP contribution in [0, 0.1) is 0 Å². The second-order valence-corrected chi connectivity index (χ2v) is 4.79. The van der Waals surface area contributed by atoms with Crippen molar-refractivity contribution in [3.63, 3.8) is 0 Å². The Morgan fingerprint density at radius 3 is 2.87 bits per heavy atom. The third-order valence-corrected chi connectivity index (χ3v) is 3.71. The summed E-state index contributed by atoms with van der Waals surface area (Å²) in [5, 5.41) is 0. The molecule has 0 saturated carbocycles. The Bertz CT molecular complexity index is 330. The molecule has 0 spiro atoms. The van der Waals surface area contributed by atoms with E-state index in [-0.39, 0.29) is 5.95 Å². The molecule has 0 aromatic carbocycles. The van der Waals surface area contributed by atoms with Crippen LogP contribution in [0.2, 0.25) is 0 Å². The lowest BCUT2D eigenvalue weighted by atomic mass is 10.2. The smallest absolute Gasteiger partial charge is 0.223 e. The molecule has 1 aliphatic rings. The highest BCUT2D eigenvalue weighted by Gasteiger charge is 2.21. The minimum absolute atomic E-state index is 0.238. The molecule has 1 saturated heterocycles. The number of aromatic nitrogens is 2. The molecule has 0 aliphatic carbocycles. The van der Waals surface area contributed by atoms with Crippen LogP contribution in [0.3, 0.4) is 0 Å². The Morgan fingerprint density at radius 2 is 2.27 bits per heavy atom. The van der Waals surface area contributed by atoms with Crippen molar-refractivity contribution in [1.82, 2.24) is 9.97 Å². The molecule has 0 bridgehead atoms. The van der Waals surface area contributed by atoms with Crippen molar-refractivity contribution in [2.75, 3.05) is 34.9 Å². The molecule has 5 nitrogen and oxygen atoms in total. The number of anilines is 3. The lowest BCUT2D eigenvalue weighted by Gasteiger charge is -2.24. The molecule has 1 atom stereocenters. The summed E-state index contributed by atoms with van der Waals surface area (Å²) >= 11 is 1.97. The topological polar surface area (TPSA) is 81.1 Å². The van der Waals surface area contributed by atoms with Crippen LogP contribution in [0.15, 0.2) is 6.07 Å². The van der Waals surface area contributed by atoms with E-state index in [1.165, 1.54) is 12.2 Å². The van der Waals surface area contributed by atoms with Gasteiger partial charge in [0.15, 0.2) is 0 Å². The zero-order valence-electron chi connectivity index (χ0n) is 8.68. The molecule has 1 aromatic heterocycles. The lowest BCUT2D eigenvalue weighted by Crippen LogP contribution is -2.32. The Kier molecular flexibility index (Phi) is 2.86. The number of hydrogen-bond acceptors (Lipinski definition) is 6. The second kappa shape index (κ2) is 4.14. The van der Waals surface area contributed by atoms with Crippen molar-refractivity contribution >= 4 is 29.3 Å². The highest BCUT2D eigenvalue weighted by molar-refractivity contribution is 7.99. The summed E-state index contributed by atoms with van der Waals surface area (Å²) in [4.78, 5) is 10.2. The Balaban J connectivity index is 2.20. The first kappa shape index (κ1) is 10.4. The van der Waals surface area contributed by atoms with Gasteiger partial charge >= 0.3 is 0 Å². The minimum atomic E-state index is 0.238. The van der Waals surface area contributed by atoms with Crippen molar-refractivity contribution in [1.29, 1.82) is 0 Å². The Morgan fingerprint density at radius 1 is 1.47 bits per heavy atom. The lowest BCUT2D eigenvalue weighted by molar-refractivity contribution is 0.691. The van der Waals surface area contributed by atoms with E-state index in [0.29, 0.717) is 11.9 Å². The summed E-state index contributed by atoms with van der Waals surface area (Å²) in [5.41, 5.74) is 11.2. The van der Waals surface area contributed by atoms with E-state index < -0.39 is 0 Å². The fraction of sp³-hybridized carbons (Fsp3) is 0.556. The van der Waals surface area contributed by atoms with Gasteiger partial charge in [0.1, 0.15) is 11.6 Å². The zero-order valence-corrected chi connectivity index (χ0v) is 9.50. The number of hydrogen-bond donors (Lipinski definition) is 2. The maximum absolute atomic E-state index is 5.63. The minimum Gasteiger partial charge on any atom is -0.383 e. The largest absolute Gasteiger partial charge is 0.383 e. The van der Waals surface area contributed by atoms with Gasteiger partial charge in [-0.25, -0.2) is 0 Å². The third kappa shape index (κ3) is 2.26. The van der Waals surface area contributed by atoms with E-state index in [1.54, 1.807) is 6.07 Å². The second-order valence-electron chi connectivity index (χ2n) is 3.64. The van der Waals surface area contributed by atoms with Gasteiger partial charge in [0, 0.05) is 24.9 Å². The summed E-state index contributed by atoms with van der Waals surface area (Å²) in [6.45, 7) is 0. The van der Waals surface area contributed by atoms with Crippen LogP contribution in [-0.4, -0.2) is 34.6 Å². The fourth-order valence-corrected chi connectivity index (χ4v) is 2.93. The van der Waals surface area contributed by atoms with Gasteiger partial charge in [-0.05, 0) is 12.2 Å². The SMILES string of the molecule is CN(c1cc(N)nc(N)n1)C1CCSC1. The summed E-state index contributed by atoms with van der Waals surface area (Å²) in [7, 11) is 2.03. The quantitative estimate of drug-likeness (QED) is 0.766. The Labute approximate surface area is 93.3 Å². The average Bonchev–Trinajstić information content (AvgIpc) is 2.67. The van der Waals surface area contributed by atoms with Crippen molar-refractivity contribution in [3.8, 4) is 0 Å². The normalized spacial score (nSPS) is 20.5. The van der Waals surface area contributed by atoms with E-state index >= 15 is 0 Å². The molecular weight excluding hydrogens is 210 g/mol. The van der Waals surface area contributed by atoms with E-state index in [1.807, 2.05) is 18.8 Å². The average molecular weight is 225 g/mol. The van der Waals surface area contributed by atoms with Gasteiger partial charge in [-0.15, -0.1) is 0 Å². The molecule has 1 unspecified atom stereocenters. The summed E-state index contributed by atoms with van der Waals surface area (Å²) in [5.74, 6) is 3.83. The van der Waals surface area contributed by atoms with Crippen LogP contribution in [0.5, 0.6) is 0 Å². The molecule has 1 aromatic rings. The molecular formula is C9H15N5S. The molecule has 6 heteroatoms. The first-order chi connectivity index (χ1) is 7.16. The number of thioether (sulfide) groups is 1. The molecule has 1 fully saturated rings. The predicted molar refractivity (Wildman–Crippen MR) is 65.0 cm³/mol. The molecule has 82 valence electrons. The molecule has 0 radical (unpaired) electrons. The van der Waals surface area contributed by atoms with E-state index in [9.17, 15) is 0 Å². The summed E-state index contributed by atoms with van der Waals surface area (Å²) in [6, 6.07) is 2.29. The number of nitrogen functional groups attached to an aromatic ring is 2. The highest BCUT2D eigenvalue weighted by atomic mass is 32.2. The first-order valence-electron chi connectivity index (χ1n) is 4.87. The molecule has 0 amide bonds. The number of nitrogens with two attached hydrogens (primary N) is 2. The Hall–Kier alpha value is -1.17. The maximum Gasteiger partial charge on any atom is 0.223 e. The standard InChI is InChI=1S/C9H15N5S/c1-14(6-2-3-15-5-6)8-4-7(10)12-9(11)13-8/h4,6H,2-3,5H2,1H3,(H4,10,11,12,13). The predicted octanol–water partition coefficient (Wildman–Crippen LogP) is 0.583. The summed E-state index contributed by atoms with van der Waals surface area (Å²) in [6.07, 6.45) is 1.19. The van der Waals surface area contributed by atoms with Gasteiger partial charge < -0.3 is 16.4 Å². The molecule has 1 aliphatic heterocycles. The number of nitrogens with zero attached hydrogens (tertiary/aromatic N) is 3. The van der Waals surface area contributed by atoms with Crippen LogP contribution >= 0.6 is 11.8 Å². The molecule has 4 N–H and O–H groups in total. The highest BCUT2D eigenvalue weighted by Crippen LogP contribution is 2.25. The number of rotatable bonds is 2. The maximum atomic E-state index is 5.63. The monoisotopic (exact) mass is 225 g/mol. The third-order valence-electron chi connectivity index (χ3n) is 2.56. The van der Waals surface area contributed by atoms with Gasteiger partial charge in [0.2, 0.25) is 5.95 Å². The van der Waals surface area contributed by atoms with Gasteiger partial charge in [-0.1, -0.05) is 0 Å². The van der Waals surface area contributed by atoms with Gasteiger partial charge in [-0.3, -0.25) is 0 Å². The van der Waals surface area contributed by atoms with Crippen LogP contribution in [0.25, 0.3) is 0 Å². The summed E-state index contributed by atoms with van der Waals surface area (Å²) < 4.78 is 0. The molecule has 2 heterocycles. The van der Waals surface area contributed by atoms with Crippen molar-refractivity contribution in [2.45, 2.75) is 12.5 Å². The van der Waals surface area contributed by atoms with Crippen LogP contribution in [0.4, 0.5) is 17.6 Å². The zero-order chi connectivity index (χ0) is 10.8. The van der Waals surface area contributed by atoms with Crippen LogP contribution < -0.4 is 16.4 Å². The van der Waals surface area contributed by atoms with Crippen LogP contribution in [0.1, 0.15) is 6.42 Å². The van der Waals surface area contributed by atoms with Gasteiger partial charge in [0.05, 0.1) is 0 Å². The molecule has 2 rings (SSSR count). The first-order valence-corrected chi connectivity index (χ1v) is 6.03. The molecule has 15 heavy (non-hydrogen) atoms. The van der Waals surface area contributed by atoms with Crippen molar-refractivity contribution in [2.24, 2.45) is 0 Å². The van der Waals surface area contributed by atoms with Crippen LogP contribution in [-0.2, 0) is 0 Å². The van der Waals surface area contributed by atoms with Crippen molar-refractivity contribution < 1.29 is 0 Å². The van der Waals surface area contributed by atoms with Gasteiger partial charge in [0.25, 0.3) is 0 Å². The van der Waals surface area contributed by atoms with Gasteiger partial charge in [-0.2, -0.15) is 21.7 Å².